The van der Waals surface area contributed by atoms with Gasteiger partial charge in [0.05, 0.1) is 6.21 Å². The standard InChI is InChI=1S/C9H10N6/c1-7-2-4-8(5-3-7)6-10-11-9-12-14-15-13-9/h2-6H,1H3,(H2,11,12,13,14,15). The van der Waals surface area contributed by atoms with Crippen LogP contribution in [0.5, 0.6) is 0 Å². The van der Waals surface area contributed by atoms with Gasteiger partial charge in [0, 0.05) is 0 Å². The Morgan fingerprint density at radius 3 is 2.80 bits per heavy atom. The Bertz CT molecular complexity index is 430. The highest BCUT2D eigenvalue weighted by molar-refractivity contribution is 5.79. The molecule has 0 unspecified atom stereocenters. The molecule has 0 atom stereocenters. The molecule has 2 aromatic rings. The van der Waals surface area contributed by atoms with E-state index in [2.05, 4.69) is 31.2 Å². The van der Waals surface area contributed by atoms with Crippen molar-refractivity contribution in [2.75, 3.05) is 5.43 Å². The van der Waals surface area contributed by atoms with Crippen LogP contribution in [-0.4, -0.2) is 26.8 Å². The number of anilines is 1. The van der Waals surface area contributed by atoms with E-state index in [9.17, 15) is 0 Å². The third-order valence-electron chi connectivity index (χ3n) is 1.80. The largest absolute Gasteiger partial charge is 0.283 e. The molecule has 2 rings (SSSR count). The average molecular weight is 202 g/mol. The van der Waals surface area contributed by atoms with Crippen LogP contribution in [0.3, 0.4) is 0 Å². The second kappa shape index (κ2) is 4.32. The van der Waals surface area contributed by atoms with Crippen molar-refractivity contribution in [3.63, 3.8) is 0 Å². The van der Waals surface area contributed by atoms with E-state index in [1.165, 1.54) is 5.56 Å². The van der Waals surface area contributed by atoms with E-state index in [1.54, 1.807) is 6.21 Å². The highest BCUT2D eigenvalue weighted by Gasteiger charge is 1.91. The quantitative estimate of drug-likeness (QED) is 0.573. The van der Waals surface area contributed by atoms with Crippen LogP contribution in [0.25, 0.3) is 0 Å². The minimum atomic E-state index is 0.346. The van der Waals surface area contributed by atoms with E-state index >= 15 is 0 Å². The topological polar surface area (TPSA) is 78.9 Å². The number of nitrogens with one attached hydrogen (secondary N) is 2. The number of hydrogen-bond donors (Lipinski definition) is 2. The number of rotatable bonds is 3. The molecule has 0 spiro atoms. The minimum absolute atomic E-state index is 0.346. The molecule has 0 aliphatic carbocycles. The predicted molar refractivity (Wildman–Crippen MR) is 56.6 cm³/mol. The number of H-pyrrole nitrogens is 1. The summed E-state index contributed by atoms with van der Waals surface area (Å²) in [5.74, 6) is 0.346. The van der Waals surface area contributed by atoms with Gasteiger partial charge in [0.2, 0.25) is 0 Å². The second-order valence-corrected chi connectivity index (χ2v) is 3.02. The summed E-state index contributed by atoms with van der Waals surface area (Å²) in [7, 11) is 0. The number of aromatic amines is 1. The van der Waals surface area contributed by atoms with Crippen molar-refractivity contribution in [3.8, 4) is 0 Å². The van der Waals surface area contributed by atoms with Gasteiger partial charge in [-0.05, 0) is 17.7 Å². The van der Waals surface area contributed by atoms with Crippen LogP contribution in [0.4, 0.5) is 5.95 Å². The second-order valence-electron chi connectivity index (χ2n) is 3.02. The molecule has 76 valence electrons. The van der Waals surface area contributed by atoms with Crippen LogP contribution in [0, 0.1) is 6.92 Å². The molecule has 0 saturated heterocycles. The molecule has 2 N–H and O–H groups in total. The molecule has 6 nitrogen and oxygen atoms in total. The van der Waals surface area contributed by atoms with Crippen molar-refractivity contribution >= 4 is 12.2 Å². The molecule has 0 saturated carbocycles. The van der Waals surface area contributed by atoms with Gasteiger partial charge < -0.3 is 0 Å². The molecule has 0 fully saturated rings. The molecule has 0 amide bonds. The van der Waals surface area contributed by atoms with Crippen LogP contribution < -0.4 is 5.43 Å². The zero-order chi connectivity index (χ0) is 10.5. The maximum atomic E-state index is 3.95. The van der Waals surface area contributed by atoms with Gasteiger partial charge in [-0.25, -0.2) is 5.43 Å². The van der Waals surface area contributed by atoms with Crippen molar-refractivity contribution in [3.05, 3.63) is 35.4 Å². The lowest BCUT2D eigenvalue weighted by molar-refractivity contribution is 0.881. The molecular weight excluding hydrogens is 192 g/mol. The van der Waals surface area contributed by atoms with Gasteiger partial charge in [0.1, 0.15) is 0 Å². The first-order valence-corrected chi connectivity index (χ1v) is 4.44. The molecule has 1 aromatic heterocycles. The first-order chi connectivity index (χ1) is 7.34. The van der Waals surface area contributed by atoms with Crippen molar-refractivity contribution < 1.29 is 0 Å². The Morgan fingerprint density at radius 2 is 2.13 bits per heavy atom. The van der Waals surface area contributed by atoms with Crippen LogP contribution in [0.15, 0.2) is 29.4 Å². The fourth-order valence-electron chi connectivity index (χ4n) is 1.03. The highest BCUT2D eigenvalue weighted by Crippen LogP contribution is 2.00. The first-order valence-electron chi connectivity index (χ1n) is 4.44. The molecule has 0 aliphatic rings. The zero-order valence-electron chi connectivity index (χ0n) is 8.18. The number of hydrogen-bond acceptors (Lipinski definition) is 5. The number of aromatic nitrogens is 4. The van der Waals surface area contributed by atoms with Gasteiger partial charge >= 0.3 is 0 Å². The zero-order valence-corrected chi connectivity index (χ0v) is 8.18. The van der Waals surface area contributed by atoms with Crippen molar-refractivity contribution in [2.45, 2.75) is 6.92 Å². The molecule has 0 radical (unpaired) electrons. The molecule has 0 aliphatic heterocycles. The molecule has 1 aromatic carbocycles. The van der Waals surface area contributed by atoms with E-state index in [1.807, 2.05) is 31.2 Å². The van der Waals surface area contributed by atoms with Gasteiger partial charge in [-0.15, -0.1) is 5.10 Å². The fraction of sp³-hybridized carbons (Fsp3) is 0.111. The number of nitrogens with zero attached hydrogens (tertiary/aromatic N) is 4. The minimum Gasteiger partial charge on any atom is -0.243 e. The first kappa shape index (κ1) is 9.32. The summed E-state index contributed by atoms with van der Waals surface area (Å²) >= 11 is 0. The molecule has 6 heteroatoms. The smallest absolute Gasteiger partial charge is 0.243 e. The number of tetrazole rings is 1. The molecule has 1 heterocycles. The van der Waals surface area contributed by atoms with Crippen molar-refractivity contribution in [2.24, 2.45) is 5.10 Å². The third kappa shape index (κ3) is 2.60. The van der Waals surface area contributed by atoms with Gasteiger partial charge in [0.25, 0.3) is 5.95 Å². The van der Waals surface area contributed by atoms with E-state index < -0.39 is 0 Å². The lowest BCUT2D eigenvalue weighted by Crippen LogP contribution is -1.92. The Hall–Kier alpha value is -2.24. The van der Waals surface area contributed by atoms with Gasteiger partial charge in [-0.3, -0.25) is 0 Å². The van der Waals surface area contributed by atoms with E-state index in [0.717, 1.165) is 5.56 Å². The fourth-order valence-corrected chi connectivity index (χ4v) is 1.03. The van der Waals surface area contributed by atoms with Crippen LogP contribution in [0.1, 0.15) is 11.1 Å². The summed E-state index contributed by atoms with van der Waals surface area (Å²) in [5.41, 5.74) is 4.87. The van der Waals surface area contributed by atoms with Crippen molar-refractivity contribution in [1.82, 2.24) is 20.6 Å². The normalized spacial score (nSPS) is 10.7. The van der Waals surface area contributed by atoms with Gasteiger partial charge in [0.15, 0.2) is 0 Å². The van der Waals surface area contributed by atoms with Crippen molar-refractivity contribution in [1.29, 1.82) is 0 Å². The Labute approximate surface area is 86.4 Å². The van der Waals surface area contributed by atoms with Crippen LogP contribution >= 0.6 is 0 Å². The van der Waals surface area contributed by atoms with Crippen LogP contribution in [0.2, 0.25) is 0 Å². The molecule has 0 bridgehead atoms. The summed E-state index contributed by atoms with van der Waals surface area (Å²) in [6, 6.07) is 8.01. The van der Waals surface area contributed by atoms with E-state index in [4.69, 9.17) is 0 Å². The van der Waals surface area contributed by atoms with E-state index in [0.29, 0.717) is 5.95 Å². The summed E-state index contributed by atoms with van der Waals surface area (Å²) < 4.78 is 0. The summed E-state index contributed by atoms with van der Waals surface area (Å²) in [6.07, 6.45) is 1.69. The maximum absolute atomic E-state index is 3.95. The summed E-state index contributed by atoms with van der Waals surface area (Å²) in [6.45, 7) is 2.04. The lowest BCUT2D eigenvalue weighted by atomic mass is 10.2. The Morgan fingerprint density at radius 1 is 1.33 bits per heavy atom. The van der Waals surface area contributed by atoms with E-state index in [-0.39, 0.29) is 0 Å². The lowest BCUT2D eigenvalue weighted by Gasteiger charge is -1.94. The van der Waals surface area contributed by atoms with Gasteiger partial charge in [-0.2, -0.15) is 10.3 Å². The number of hydrazone groups is 1. The predicted octanol–water partition coefficient (Wildman–Crippen LogP) is 0.954. The Balaban J connectivity index is 1.97. The number of benzene rings is 1. The van der Waals surface area contributed by atoms with Crippen LogP contribution in [-0.2, 0) is 0 Å². The number of aryl methyl sites for hydroxylation is 1. The molecule has 15 heavy (non-hydrogen) atoms. The Kier molecular flexibility index (Phi) is 2.68. The average Bonchev–Trinajstić information content (AvgIpc) is 2.74. The SMILES string of the molecule is Cc1ccc(C=NNc2nn[nH]n2)cc1. The van der Waals surface area contributed by atoms with Gasteiger partial charge in [-0.1, -0.05) is 34.9 Å². The maximum Gasteiger partial charge on any atom is 0.283 e. The highest BCUT2D eigenvalue weighted by atomic mass is 15.5. The summed E-state index contributed by atoms with van der Waals surface area (Å²) in [5, 5.41) is 17.0. The monoisotopic (exact) mass is 202 g/mol. The summed E-state index contributed by atoms with van der Waals surface area (Å²) in [4.78, 5) is 0. The third-order valence-corrected chi connectivity index (χ3v) is 1.80. The molecular formula is C9H10N6.